The Balaban J connectivity index is 2.37. The van der Waals surface area contributed by atoms with Gasteiger partial charge in [-0.3, -0.25) is 10.4 Å². The van der Waals surface area contributed by atoms with Gasteiger partial charge in [0.05, 0.1) is 7.11 Å². The largest absolute Gasteiger partial charge is 0.497 e. The first kappa shape index (κ1) is 15.3. The van der Waals surface area contributed by atoms with Crippen LogP contribution in [0.2, 0.25) is 0 Å². The van der Waals surface area contributed by atoms with Crippen LogP contribution in [0, 0.1) is 0 Å². The minimum atomic E-state index is 0.649. The Hall–Kier alpha value is -1.75. The minimum Gasteiger partial charge on any atom is -0.497 e. The second kappa shape index (κ2) is 9.22. The van der Waals surface area contributed by atoms with Crippen molar-refractivity contribution in [1.82, 2.24) is 10.7 Å². The maximum Gasteiger partial charge on any atom is 0.205 e. The fraction of sp³-hybridized carbons (Fsp3) is 0.500. The number of hydrogen-bond acceptors (Lipinski definition) is 3. The molecule has 0 saturated heterocycles. The minimum absolute atomic E-state index is 0.649. The SMILES string of the molecule is CCCCN=C(NN)NCCc1cccc(OC)c1. The summed E-state index contributed by atoms with van der Waals surface area (Å²) in [4.78, 5) is 4.34. The van der Waals surface area contributed by atoms with Crippen molar-refractivity contribution in [1.29, 1.82) is 0 Å². The maximum absolute atomic E-state index is 5.42. The van der Waals surface area contributed by atoms with Gasteiger partial charge in [-0.15, -0.1) is 0 Å². The molecular formula is C14H24N4O. The molecule has 0 amide bonds. The summed E-state index contributed by atoms with van der Waals surface area (Å²) in [6, 6.07) is 8.04. The van der Waals surface area contributed by atoms with Crippen molar-refractivity contribution in [2.24, 2.45) is 10.8 Å². The number of rotatable bonds is 7. The summed E-state index contributed by atoms with van der Waals surface area (Å²) >= 11 is 0. The molecule has 0 unspecified atom stereocenters. The zero-order valence-electron chi connectivity index (χ0n) is 11.8. The summed E-state index contributed by atoms with van der Waals surface area (Å²) in [6.07, 6.45) is 3.10. The van der Waals surface area contributed by atoms with Crippen LogP contribution in [-0.2, 0) is 6.42 Å². The van der Waals surface area contributed by atoms with Crippen molar-refractivity contribution in [3.8, 4) is 5.75 Å². The first-order chi connectivity index (χ1) is 9.30. The number of guanidine groups is 1. The fourth-order valence-corrected chi connectivity index (χ4v) is 1.65. The number of ether oxygens (including phenoxy) is 1. The van der Waals surface area contributed by atoms with Crippen LogP contribution in [0.25, 0.3) is 0 Å². The van der Waals surface area contributed by atoms with Crippen molar-refractivity contribution in [2.75, 3.05) is 20.2 Å². The Morgan fingerprint density at radius 1 is 1.42 bits per heavy atom. The lowest BCUT2D eigenvalue weighted by Crippen LogP contribution is -2.42. The third-order valence-electron chi connectivity index (χ3n) is 2.76. The third kappa shape index (κ3) is 6.10. The lowest BCUT2D eigenvalue weighted by Gasteiger charge is -2.09. The summed E-state index contributed by atoms with van der Waals surface area (Å²) in [6.45, 7) is 3.71. The fourth-order valence-electron chi connectivity index (χ4n) is 1.65. The van der Waals surface area contributed by atoms with E-state index in [-0.39, 0.29) is 0 Å². The normalized spacial score (nSPS) is 11.2. The second-order valence-electron chi connectivity index (χ2n) is 4.26. The summed E-state index contributed by atoms with van der Waals surface area (Å²) in [5, 5.41) is 3.19. The van der Waals surface area contributed by atoms with Crippen LogP contribution < -0.4 is 21.3 Å². The summed E-state index contributed by atoms with van der Waals surface area (Å²) in [7, 11) is 1.67. The third-order valence-corrected chi connectivity index (χ3v) is 2.76. The first-order valence-electron chi connectivity index (χ1n) is 6.68. The molecule has 0 aliphatic carbocycles. The number of methoxy groups -OCH3 is 1. The molecule has 0 aromatic heterocycles. The molecule has 4 N–H and O–H groups in total. The Labute approximate surface area is 115 Å². The molecule has 1 aromatic carbocycles. The monoisotopic (exact) mass is 264 g/mol. The Bertz CT molecular complexity index is 393. The van der Waals surface area contributed by atoms with Gasteiger partial charge in [0.2, 0.25) is 5.96 Å². The lowest BCUT2D eigenvalue weighted by atomic mass is 10.1. The highest BCUT2D eigenvalue weighted by Crippen LogP contribution is 2.12. The predicted octanol–water partition coefficient (Wildman–Crippen LogP) is 1.45. The van der Waals surface area contributed by atoms with Gasteiger partial charge in [-0.2, -0.15) is 0 Å². The molecule has 0 spiro atoms. The number of aliphatic imine (C=N–C) groups is 1. The molecule has 5 nitrogen and oxygen atoms in total. The van der Waals surface area contributed by atoms with Crippen LogP contribution >= 0.6 is 0 Å². The van der Waals surface area contributed by atoms with E-state index in [4.69, 9.17) is 10.6 Å². The van der Waals surface area contributed by atoms with E-state index >= 15 is 0 Å². The van der Waals surface area contributed by atoms with Gasteiger partial charge in [0.1, 0.15) is 5.75 Å². The maximum atomic E-state index is 5.42. The van der Waals surface area contributed by atoms with Crippen molar-refractivity contribution in [2.45, 2.75) is 26.2 Å². The van der Waals surface area contributed by atoms with Crippen molar-refractivity contribution in [3.05, 3.63) is 29.8 Å². The van der Waals surface area contributed by atoms with E-state index in [0.717, 1.165) is 38.1 Å². The van der Waals surface area contributed by atoms with E-state index in [9.17, 15) is 0 Å². The number of unbranched alkanes of at least 4 members (excludes halogenated alkanes) is 1. The molecule has 0 heterocycles. The molecule has 106 valence electrons. The van der Waals surface area contributed by atoms with Gasteiger partial charge in [-0.1, -0.05) is 25.5 Å². The summed E-state index contributed by atoms with van der Waals surface area (Å²) in [5.74, 6) is 6.95. The summed E-state index contributed by atoms with van der Waals surface area (Å²) < 4.78 is 5.19. The van der Waals surface area contributed by atoms with Crippen LogP contribution in [0.3, 0.4) is 0 Å². The van der Waals surface area contributed by atoms with Crippen LogP contribution in [0.15, 0.2) is 29.3 Å². The standard InChI is InChI=1S/C14H24N4O/c1-3-4-9-16-14(18-15)17-10-8-12-6-5-7-13(11-12)19-2/h5-7,11H,3-4,8-10,15H2,1-2H3,(H2,16,17,18). The van der Waals surface area contributed by atoms with Crippen LogP contribution in [0.5, 0.6) is 5.75 Å². The molecule has 0 radical (unpaired) electrons. The first-order valence-corrected chi connectivity index (χ1v) is 6.68. The Kier molecular flexibility index (Phi) is 7.43. The molecule has 1 aromatic rings. The van der Waals surface area contributed by atoms with Gasteiger partial charge in [0, 0.05) is 13.1 Å². The van der Waals surface area contributed by atoms with Crippen LogP contribution in [0.4, 0.5) is 0 Å². The molecule has 1 rings (SSSR count). The number of nitrogens with zero attached hydrogens (tertiary/aromatic N) is 1. The average Bonchev–Trinajstić information content (AvgIpc) is 2.46. The smallest absolute Gasteiger partial charge is 0.205 e. The highest BCUT2D eigenvalue weighted by molar-refractivity contribution is 5.79. The highest BCUT2D eigenvalue weighted by Gasteiger charge is 1.98. The second-order valence-corrected chi connectivity index (χ2v) is 4.26. The van der Waals surface area contributed by atoms with Gasteiger partial charge < -0.3 is 10.1 Å². The van der Waals surface area contributed by atoms with Gasteiger partial charge in [0.15, 0.2) is 0 Å². The van der Waals surface area contributed by atoms with Crippen molar-refractivity contribution >= 4 is 5.96 Å². The molecular weight excluding hydrogens is 240 g/mol. The summed E-state index contributed by atoms with van der Waals surface area (Å²) in [5.41, 5.74) is 3.80. The Morgan fingerprint density at radius 3 is 2.95 bits per heavy atom. The average molecular weight is 264 g/mol. The number of nitrogens with one attached hydrogen (secondary N) is 2. The van der Waals surface area contributed by atoms with Gasteiger partial charge >= 0.3 is 0 Å². The zero-order valence-corrected chi connectivity index (χ0v) is 11.8. The van der Waals surface area contributed by atoms with E-state index < -0.39 is 0 Å². The molecule has 0 fully saturated rings. The molecule has 19 heavy (non-hydrogen) atoms. The zero-order chi connectivity index (χ0) is 13.9. The van der Waals surface area contributed by atoms with Crippen LogP contribution in [0.1, 0.15) is 25.3 Å². The topological polar surface area (TPSA) is 71.7 Å². The van der Waals surface area contributed by atoms with Gasteiger partial charge in [-0.05, 0) is 30.5 Å². The van der Waals surface area contributed by atoms with Crippen LogP contribution in [-0.4, -0.2) is 26.2 Å². The van der Waals surface area contributed by atoms with E-state index in [1.807, 2.05) is 18.2 Å². The predicted molar refractivity (Wildman–Crippen MR) is 79.2 cm³/mol. The van der Waals surface area contributed by atoms with E-state index in [2.05, 4.69) is 28.7 Å². The van der Waals surface area contributed by atoms with E-state index in [1.165, 1.54) is 5.56 Å². The molecule has 5 heteroatoms. The molecule has 0 saturated carbocycles. The molecule has 0 bridgehead atoms. The number of benzene rings is 1. The number of hydrazine groups is 1. The van der Waals surface area contributed by atoms with E-state index in [1.54, 1.807) is 7.11 Å². The molecule has 0 atom stereocenters. The van der Waals surface area contributed by atoms with Crippen molar-refractivity contribution < 1.29 is 4.74 Å². The highest BCUT2D eigenvalue weighted by atomic mass is 16.5. The quantitative estimate of drug-likeness (QED) is 0.229. The molecule has 0 aliphatic heterocycles. The lowest BCUT2D eigenvalue weighted by molar-refractivity contribution is 0.414. The number of hydrogen-bond donors (Lipinski definition) is 3. The molecule has 0 aliphatic rings. The van der Waals surface area contributed by atoms with Gasteiger partial charge in [-0.25, -0.2) is 5.84 Å². The Morgan fingerprint density at radius 2 is 2.26 bits per heavy atom. The van der Waals surface area contributed by atoms with E-state index in [0.29, 0.717) is 5.96 Å². The number of nitrogens with two attached hydrogens (primary N) is 1. The van der Waals surface area contributed by atoms with Crippen molar-refractivity contribution in [3.63, 3.8) is 0 Å². The van der Waals surface area contributed by atoms with Gasteiger partial charge in [0.25, 0.3) is 0 Å².